The molecule has 0 bridgehead atoms. The number of ether oxygens (including phenoxy) is 1. The van der Waals surface area contributed by atoms with Crippen LogP contribution in [0.4, 0.5) is 0 Å². The number of morpholine rings is 1. The molecule has 2 aromatic rings. The summed E-state index contributed by atoms with van der Waals surface area (Å²) < 4.78 is 5.39. The first-order chi connectivity index (χ1) is 10.9. The van der Waals surface area contributed by atoms with Crippen molar-refractivity contribution in [3.63, 3.8) is 0 Å². The minimum absolute atomic E-state index is 0. The number of hydrogen-bond donors (Lipinski definition) is 0. The van der Waals surface area contributed by atoms with Crippen molar-refractivity contribution in [2.75, 3.05) is 32.8 Å². The van der Waals surface area contributed by atoms with Crippen LogP contribution in [0.5, 0.6) is 0 Å². The predicted octanol–water partition coefficient (Wildman–Crippen LogP) is 4.28. The van der Waals surface area contributed by atoms with Gasteiger partial charge in [0.25, 0.3) is 0 Å². The van der Waals surface area contributed by atoms with Crippen molar-refractivity contribution >= 4 is 24.2 Å². The Labute approximate surface area is 149 Å². The topological polar surface area (TPSA) is 12.5 Å². The van der Waals surface area contributed by atoms with Gasteiger partial charge in [-0.05, 0) is 29.7 Å². The molecule has 4 heteroatoms. The minimum Gasteiger partial charge on any atom is -0.379 e. The van der Waals surface area contributed by atoms with Gasteiger partial charge in [-0.3, -0.25) is 4.90 Å². The standard InChI is InChI=1S/C19H23NOS.ClH/c1-2-4-19(5-3-1)22-16-18-8-6-17(7-9-18)10-11-20-12-14-21-15-13-20;/h1-9H,10-16H2;1H. The zero-order valence-corrected chi connectivity index (χ0v) is 15.0. The lowest BCUT2D eigenvalue weighted by Gasteiger charge is -2.26. The molecule has 0 aliphatic carbocycles. The van der Waals surface area contributed by atoms with E-state index in [1.165, 1.54) is 16.0 Å². The quantitative estimate of drug-likeness (QED) is 0.722. The molecule has 23 heavy (non-hydrogen) atoms. The summed E-state index contributed by atoms with van der Waals surface area (Å²) in [6.45, 7) is 5.06. The van der Waals surface area contributed by atoms with Crippen molar-refractivity contribution < 1.29 is 4.74 Å². The first kappa shape index (κ1) is 18.3. The van der Waals surface area contributed by atoms with Crippen molar-refractivity contribution in [2.24, 2.45) is 0 Å². The molecule has 0 atom stereocenters. The lowest BCUT2D eigenvalue weighted by atomic mass is 10.1. The van der Waals surface area contributed by atoms with Crippen molar-refractivity contribution in [1.82, 2.24) is 4.90 Å². The summed E-state index contributed by atoms with van der Waals surface area (Å²) in [5, 5.41) is 0. The Hall–Kier alpha value is -1.00. The molecule has 0 spiro atoms. The monoisotopic (exact) mass is 349 g/mol. The van der Waals surface area contributed by atoms with Gasteiger partial charge in [-0.2, -0.15) is 0 Å². The zero-order valence-electron chi connectivity index (χ0n) is 13.3. The summed E-state index contributed by atoms with van der Waals surface area (Å²) in [7, 11) is 0. The lowest BCUT2D eigenvalue weighted by Crippen LogP contribution is -2.37. The van der Waals surface area contributed by atoms with E-state index in [0.29, 0.717) is 0 Å². The molecule has 0 N–H and O–H groups in total. The van der Waals surface area contributed by atoms with Crippen molar-refractivity contribution in [3.8, 4) is 0 Å². The molecule has 1 saturated heterocycles. The van der Waals surface area contributed by atoms with Gasteiger partial charge < -0.3 is 4.74 Å². The van der Waals surface area contributed by atoms with Crippen molar-refractivity contribution in [3.05, 3.63) is 65.7 Å². The normalized spacial score (nSPS) is 15.1. The first-order valence-electron chi connectivity index (χ1n) is 7.96. The maximum Gasteiger partial charge on any atom is 0.0594 e. The summed E-state index contributed by atoms with van der Waals surface area (Å²) in [5.74, 6) is 1.04. The molecule has 2 nitrogen and oxygen atoms in total. The molecule has 1 heterocycles. The highest BCUT2D eigenvalue weighted by molar-refractivity contribution is 7.98. The van der Waals surface area contributed by atoms with Crippen LogP contribution in [0.25, 0.3) is 0 Å². The highest BCUT2D eigenvalue weighted by atomic mass is 35.5. The van der Waals surface area contributed by atoms with Gasteiger partial charge in [0, 0.05) is 30.3 Å². The molecular formula is C19H24ClNOS. The molecule has 1 aliphatic rings. The highest BCUT2D eigenvalue weighted by Gasteiger charge is 2.09. The predicted molar refractivity (Wildman–Crippen MR) is 101 cm³/mol. The van der Waals surface area contributed by atoms with E-state index in [1.54, 1.807) is 0 Å². The molecule has 124 valence electrons. The third kappa shape index (κ3) is 6.19. The van der Waals surface area contributed by atoms with E-state index in [0.717, 1.165) is 45.0 Å². The Morgan fingerprint density at radius 3 is 2.22 bits per heavy atom. The van der Waals surface area contributed by atoms with Gasteiger partial charge in [0.1, 0.15) is 0 Å². The van der Waals surface area contributed by atoms with E-state index >= 15 is 0 Å². The fraction of sp³-hybridized carbons (Fsp3) is 0.368. The molecule has 2 aromatic carbocycles. The van der Waals surface area contributed by atoms with Gasteiger partial charge in [0.15, 0.2) is 0 Å². The van der Waals surface area contributed by atoms with Crippen LogP contribution in [0.2, 0.25) is 0 Å². The van der Waals surface area contributed by atoms with Gasteiger partial charge in [-0.15, -0.1) is 24.2 Å². The third-order valence-corrected chi connectivity index (χ3v) is 5.08. The second kappa shape index (κ2) is 9.99. The van der Waals surface area contributed by atoms with Crippen LogP contribution in [0.3, 0.4) is 0 Å². The smallest absolute Gasteiger partial charge is 0.0594 e. The third-order valence-electron chi connectivity index (χ3n) is 3.99. The molecule has 0 saturated carbocycles. The van der Waals surface area contributed by atoms with Crippen molar-refractivity contribution in [1.29, 1.82) is 0 Å². The molecule has 3 rings (SSSR count). The number of benzene rings is 2. The van der Waals surface area contributed by atoms with Crippen molar-refractivity contribution in [2.45, 2.75) is 17.1 Å². The largest absolute Gasteiger partial charge is 0.379 e. The van der Waals surface area contributed by atoms with E-state index in [-0.39, 0.29) is 12.4 Å². The summed E-state index contributed by atoms with van der Waals surface area (Å²) >= 11 is 1.89. The van der Waals surface area contributed by atoms with Gasteiger partial charge in [0.2, 0.25) is 0 Å². The fourth-order valence-corrected chi connectivity index (χ4v) is 3.47. The van der Waals surface area contributed by atoms with Gasteiger partial charge in [-0.1, -0.05) is 42.5 Å². The molecule has 0 radical (unpaired) electrons. The number of hydrogen-bond acceptors (Lipinski definition) is 3. The Kier molecular flexibility index (Phi) is 7.96. The van der Waals surface area contributed by atoms with Crippen LogP contribution < -0.4 is 0 Å². The van der Waals surface area contributed by atoms with Gasteiger partial charge in [0.05, 0.1) is 13.2 Å². The van der Waals surface area contributed by atoms with Crippen LogP contribution in [0.15, 0.2) is 59.5 Å². The maximum atomic E-state index is 5.39. The summed E-state index contributed by atoms with van der Waals surface area (Å²) in [6.07, 6.45) is 1.13. The maximum absolute atomic E-state index is 5.39. The second-order valence-electron chi connectivity index (χ2n) is 5.62. The van der Waals surface area contributed by atoms with E-state index in [9.17, 15) is 0 Å². The van der Waals surface area contributed by atoms with E-state index < -0.39 is 0 Å². The number of nitrogens with zero attached hydrogens (tertiary/aromatic N) is 1. The molecular weight excluding hydrogens is 326 g/mol. The zero-order chi connectivity index (χ0) is 15.0. The van der Waals surface area contributed by atoms with Gasteiger partial charge >= 0.3 is 0 Å². The average Bonchev–Trinajstić information content (AvgIpc) is 2.61. The second-order valence-corrected chi connectivity index (χ2v) is 6.67. The van der Waals surface area contributed by atoms with E-state index in [1.807, 2.05) is 11.8 Å². The van der Waals surface area contributed by atoms with E-state index in [2.05, 4.69) is 59.5 Å². The molecule has 1 fully saturated rings. The highest BCUT2D eigenvalue weighted by Crippen LogP contribution is 2.22. The van der Waals surface area contributed by atoms with Crippen LogP contribution in [-0.4, -0.2) is 37.7 Å². The summed E-state index contributed by atoms with van der Waals surface area (Å²) in [4.78, 5) is 3.82. The Bertz CT molecular complexity index is 555. The Morgan fingerprint density at radius 2 is 1.52 bits per heavy atom. The van der Waals surface area contributed by atoms with Crippen LogP contribution >= 0.6 is 24.2 Å². The van der Waals surface area contributed by atoms with Gasteiger partial charge in [-0.25, -0.2) is 0 Å². The summed E-state index contributed by atoms with van der Waals surface area (Å²) in [6, 6.07) is 19.7. The molecule has 1 aliphatic heterocycles. The number of halogens is 1. The molecule has 0 aromatic heterocycles. The SMILES string of the molecule is Cl.c1ccc(SCc2ccc(CCN3CCOCC3)cc2)cc1. The molecule has 0 unspecified atom stereocenters. The van der Waals surface area contributed by atoms with Crippen LogP contribution in [0, 0.1) is 0 Å². The lowest BCUT2D eigenvalue weighted by molar-refractivity contribution is 0.0384. The number of rotatable bonds is 6. The molecule has 0 amide bonds. The Morgan fingerprint density at radius 1 is 0.870 bits per heavy atom. The Balaban J connectivity index is 0.00000192. The fourth-order valence-electron chi connectivity index (χ4n) is 2.60. The first-order valence-corrected chi connectivity index (χ1v) is 8.94. The average molecular weight is 350 g/mol. The van der Waals surface area contributed by atoms with Crippen LogP contribution in [-0.2, 0) is 16.9 Å². The van der Waals surface area contributed by atoms with E-state index in [4.69, 9.17) is 4.74 Å². The van der Waals surface area contributed by atoms with Crippen LogP contribution in [0.1, 0.15) is 11.1 Å². The summed E-state index contributed by atoms with van der Waals surface area (Å²) in [5.41, 5.74) is 2.82. The number of thioether (sulfide) groups is 1. The minimum atomic E-state index is 0.